The van der Waals surface area contributed by atoms with E-state index in [1.54, 1.807) is 0 Å². The van der Waals surface area contributed by atoms with Crippen LogP contribution < -0.4 is 0 Å². The van der Waals surface area contributed by atoms with Crippen molar-refractivity contribution in [1.29, 1.82) is 0 Å². The summed E-state index contributed by atoms with van der Waals surface area (Å²) in [5, 5.41) is 22.9. The Hall–Kier alpha value is -0.670. The van der Waals surface area contributed by atoms with Crippen LogP contribution in [0.4, 0.5) is 0 Å². The second-order valence-corrected chi connectivity index (χ2v) is 14.5. The first-order valence-electron chi connectivity index (χ1n) is 13.8. The van der Waals surface area contributed by atoms with Crippen molar-refractivity contribution in [2.24, 2.45) is 56.7 Å². The summed E-state index contributed by atoms with van der Waals surface area (Å²) in [6.45, 7) is 18.4. The molecule has 11 atom stereocenters. The number of hydrogen-bond acceptors (Lipinski definition) is 3. The molecule has 0 unspecified atom stereocenters. The molecule has 3 nitrogen and oxygen atoms in total. The summed E-state index contributed by atoms with van der Waals surface area (Å²) in [7, 11) is 0. The zero-order chi connectivity index (χ0) is 24.2. The Balaban J connectivity index is 1.59. The van der Waals surface area contributed by atoms with Crippen LogP contribution in [0.3, 0.4) is 0 Å². The fourth-order valence-electron chi connectivity index (χ4n) is 11.3. The average Bonchev–Trinajstić information content (AvgIpc) is 3.15. The van der Waals surface area contributed by atoms with E-state index in [4.69, 9.17) is 0 Å². The van der Waals surface area contributed by atoms with Gasteiger partial charge in [0.2, 0.25) is 0 Å². The van der Waals surface area contributed by atoms with Crippen molar-refractivity contribution >= 4 is 6.29 Å². The maximum atomic E-state index is 12.6. The molecule has 2 N–H and O–H groups in total. The highest BCUT2D eigenvalue weighted by Gasteiger charge is 2.73. The normalized spacial score (nSPS) is 57.3. The first-order valence-corrected chi connectivity index (χ1v) is 13.8. The summed E-state index contributed by atoms with van der Waals surface area (Å²) < 4.78 is 0. The van der Waals surface area contributed by atoms with E-state index in [1.807, 2.05) is 0 Å². The molecule has 186 valence electrons. The zero-order valence-corrected chi connectivity index (χ0v) is 22.0. The van der Waals surface area contributed by atoms with Gasteiger partial charge >= 0.3 is 0 Å². The third-order valence-electron chi connectivity index (χ3n) is 13.4. The van der Waals surface area contributed by atoms with Crippen molar-refractivity contribution in [3.63, 3.8) is 0 Å². The van der Waals surface area contributed by atoms with Crippen molar-refractivity contribution in [2.75, 3.05) is 0 Å². The van der Waals surface area contributed by atoms with Crippen LogP contribution in [0.25, 0.3) is 0 Å². The molecule has 3 heteroatoms. The minimum absolute atomic E-state index is 0.0265. The molecule has 5 rings (SSSR count). The van der Waals surface area contributed by atoms with Crippen LogP contribution in [0.2, 0.25) is 0 Å². The van der Waals surface area contributed by atoms with Gasteiger partial charge in [0, 0.05) is 10.8 Å². The number of allylic oxidation sites excluding steroid dienone is 1. The minimum Gasteiger partial charge on any atom is -0.393 e. The van der Waals surface area contributed by atoms with E-state index in [2.05, 4.69) is 48.1 Å². The van der Waals surface area contributed by atoms with Gasteiger partial charge in [-0.3, -0.25) is 0 Å². The molecule has 5 fully saturated rings. The minimum atomic E-state index is -0.355. The summed E-state index contributed by atoms with van der Waals surface area (Å²) in [5.41, 5.74) is 0.922. The lowest BCUT2D eigenvalue weighted by Crippen LogP contribution is -2.70. The monoisotopic (exact) mass is 456 g/mol. The quantitative estimate of drug-likeness (QED) is 0.386. The molecule has 5 saturated carbocycles. The van der Waals surface area contributed by atoms with Crippen LogP contribution in [0.5, 0.6) is 0 Å². The van der Waals surface area contributed by atoms with Gasteiger partial charge in [-0.1, -0.05) is 46.8 Å². The molecule has 0 bridgehead atoms. The first kappa shape index (κ1) is 24.0. The predicted molar refractivity (Wildman–Crippen MR) is 132 cm³/mol. The number of aliphatic hydroxyl groups excluding tert-OH is 2. The Kier molecular flexibility index (Phi) is 5.24. The number of aldehydes is 1. The number of fused-ring (bicyclic) bond motifs is 7. The molecule has 0 saturated heterocycles. The van der Waals surface area contributed by atoms with Gasteiger partial charge in [0.05, 0.1) is 12.2 Å². The Labute approximate surface area is 201 Å². The maximum Gasteiger partial charge on any atom is 0.126 e. The smallest absolute Gasteiger partial charge is 0.126 e. The van der Waals surface area contributed by atoms with E-state index in [9.17, 15) is 15.0 Å². The lowest BCUT2D eigenvalue weighted by Gasteiger charge is -2.73. The number of hydrogen-bond donors (Lipinski definition) is 2. The van der Waals surface area contributed by atoms with Crippen LogP contribution in [0.1, 0.15) is 99.3 Å². The summed E-state index contributed by atoms with van der Waals surface area (Å²) >= 11 is 0. The van der Waals surface area contributed by atoms with Crippen molar-refractivity contribution in [2.45, 2.75) is 112 Å². The van der Waals surface area contributed by atoms with E-state index in [0.29, 0.717) is 29.6 Å². The molecule has 0 aromatic carbocycles. The van der Waals surface area contributed by atoms with Gasteiger partial charge < -0.3 is 15.0 Å². The van der Waals surface area contributed by atoms with Gasteiger partial charge in [-0.15, -0.1) is 0 Å². The number of carbonyl (C=O) groups is 1. The Morgan fingerprint density at radius 2 is 1.58 bits per heavy atom. The summed E-state index contributed by atoms with van der Waals surface area (Å²) in [4.78, 5) is 12.6. The Morgan fingerprint density at radius 1 is 0.879 bits per heavy atom. The molecule has 0 radical (unpaired) electrons. The molecule has 5 aliphatic carbocycles. The zero-order valence-electron chi connectivity index (χ0n) is 22.0. The molecule has 0 amide bonds. The molecular formula is C30H48O3. The van der Waals surface area contributed by atoms with Gasteiger partial charge in [-0.05, 0) is 111 Å². The van der Waals surface area contributed by atoms with Gasteiger partial charge in [-0.2, -0.15) is 0 Å². The molecule has 33 heavy (non-hydrogen) atoms. The van der Waals surface area contributed by atoms with Crippen LogP contribution in [-0.2, 0) is 4.79 Å². The second kappa shape index (κ2) is 7.19. The van der Waals surface area contributed by atoms with Gasteiger partial charge in [0.15, 0.2) is 0 Å². The highest BCUT2D eigenvalue weighted by Crippen LogP contribution is 2.77. The van der Waals surface area contributed by atoms with Crippen LogP contribution >= 0.6 is 0 Å². The van der Waals surface area contributed by atoms with Crippen LogP contribution in [0, 0.1) is 56.7 Å². The average molecular weight is 457 g/mol. The number of aliphatic hydroxyl groups is 2. The molecule has 5 aliphatic rings. The molecule has 0 spiro atoms. The Morgan fingerprint density at radius 3 is 2.21 bits per heavy atom. The standard InChI is InChI=1S/C30H48O3/c1-18(2)19-10-13-30(17-31)15-14-28(6)20(25(19)30)8-9-21-27(5)12-11-23(32)26(3,4)22(27)16-24(33)29(21,28)7/h17,19-25,32-33H,1,8-16H2,2-7H3/t19-,20+,21-,22+,23-,24+,25-,27+,28-,29-,30+/m1/s1. The van der Waals surface area contributed by atoms with Gasteiger partial charge in [-0.25, -0.2) is 0 Å². The lowest BCUT2D eigenvalue weighted by molar-refractivity contribution is -0.281. The largest absolute Gasteiger partial charge is 0.393 e. The third-order valence-corrected chi connectivity index (χ3v) is 13.4. The first-order chi connectivity index (χ1) is 15.3. The second-order valence-electron chi connectivity index (χ2n) is 14.5. The van der Waals surface area contributed by atoms with E-state index < -0.39 is 0 Å². The Bertz CT molecular complexity index is 847. The van der Waals surface area contributed by atoms with Crippen molar-refractivity contribution in [3.8, 4) is 0 Å². The molecular weight excluding hydrogens is 408 g/mol. The SMILES string of the molecule is C=C(C)[C@H]1CC[C@@]2(C=O)CC[C@]3(C)[C@@H](CC[C@@H]4[C@]5(C)CC[C@@H](O)C(C)(C)[C@@H]5C[C@H](O)[C@@]43C)[C@@H]12. The van der Waals surface area contributed by atoms with E-state index in [-0.39, 0.29) is 39.3 Å². The van der Waals surface area contributed by atoms with E-state index >= 15 is 0 Å². The van der Waals surface area contributed by atoms with E-state index in [1.165, 1.54) is 18.3 Å². The van der Waals surface area contributed by atoms with Gasteiger partial charge in [0.25, 0.3) is 0 Å². The molecule has 0 aromatic heterocycles. The summed E-state index contributed by atoms with van der Waals surface area (Å²) in [5.74, 6) is 2.09. The fourth-order valence-corrected chi connectivity index (χ4v) is 11.3. The van der Waals surface area contributed by atoms with Gasteiger partial charge in [0.1, 0.15) is 6.29 Å². The number of rotatable bonds is 2. The molecule has 0 aliphatic heterocycles. The predicted octanol–water partition coefficient (Wildman–Crippen LogP) is 6.17. The van der Waals surface area contributed by atoms with Crippen LogP contribution in [-0.4, -0.2) is 28.7 Å². The lowest BCUT2D eigenvalue weighted by atomic mass is 9.31. The number of carbonyl (C=O) groups excluding carboxylic acids is 1. The third kappa shape index (κ3) is 2.73. The molecule has 0 heterocycles. The summed E-state index contributed by atoms with van der Waals surface area (Å²) in [6.07, 6.45) is 9.85. The van der Waals surface area contributed by atoms with Crippen molar-refractivity contribution < 1.29 is 15.0 Å². The van der Waals surface area contributed by atoms with Crippen molar-refractivity contribution in [1.82, 2.24) is 0 Å². The topological polar surface area (TPSA) is 57.5 Å². The molecule has 0 aromatic rings. The van der Waals surface area contributed by atoms with Crippen LogP contribution in [0.15, 0.2) is 12.2 Å². The van der Waals surface area contributed by atoms with Crippen molar-refractivity contribution in [3.05, 3.63) is 12.2 Å². The fraction of sp³-hybridized carbons (Fsp3) is 0.900. The maximum absolute atomic E-state index is 12.6. The van der Waals surface area contributed by atoms with E-state index in [0.717, 1.165) is 51.4 Å². The highest BCUT2D eigenvalue weighted by atomic mass is 16.3. The highest BCUT2D eigenvalue weighted by molar-refractivity contribution is 5.62. The summed E-state index contributed by atoms with van der Waals surface area (Å²) in [6, 6.07) is 0.